The van der Waals surface area contributed by atoms with Gasteiger partial charge in [0.2, 0.25) is 5.76 Å². The van der Waals surface area contributed by atoms with Crippen LogP contribution in [0, 0.1) is 0 Å². The van der Waals surface area contributed by atoms with Crippen LogP contribution in [0.1, 0.15) is 40.0 Å². The summed E-state index contributed by atoms with van der Waals surface area (Å²) in [7, 11) is 0. The minimum atomic E-state index is -1.27. The predicted molar refractivity (Wildman–Crippen MR) is 119 cm³/mol. The molecule has 2 aromatic carbocycles. The van der Waals surface area contributed by atoms with Gasteiger partial charge in [-0.3, -0.25) is 9.59 Å². The number of carboxylic acid groups (broad SMARTS) is 1. The second-order valence-electron chi connectivity index (χ2n) is 7.06. The van der Waals surface area contributed by atoms with Crippen molar-refractivity contribution >= 4 is 29.4 Å². The van der Waals surface area contributed by atoms with Crippen LogP contribution < -0.4 is 5.32 Å². The van der Waals surface area contributed by atoms with Crippen molar-refractivity contribution in [2.24, 2.45) is 0 Å². The second-order valence-corrected chi connectivity index (χ2v) is 7.50. The zero-order chi connectivity index (χ0) is 23.1. The number of carbonyl (C=O) groups is 3. The topological polar surface area (TPSA) is 106 Å². The molecule has 1 heterocycles. The van der Waals surface area contributed by atoms with Crippen LogP contribution >= 0.6 is 11.6 Å². The van der Waals surface area contributed by atoms with E-state index in [9.17, 15) is 14.4 Å². The number of benzene rings is 2. The summed E-state index contributed by atoms with van der Waals surface area (Å²) in [5.41, 5.74) is 2.86. The molecular weight excluding hydrogens is 434 g/mol. The molecule has 0 bridgehead atoms. The molecular formula is C24H22ClNO6. The maximum atomic E-state index is 12.5. The SMILES string of the molecule is CCOC(=O)C[C@@H](Cc1ccc(-c2cccc(Cl)c2)cc1)NC(=O)c1ccc(C(=O)O)o1. The van der Waals surface area contributed by atoms with E-state index in [4.69, 9.17) is 25.9 Å². The lowest BCUT2D eigenvalue weighted by molar-refractivity contribution is -0.143. The molecule has 166 valence electrons. The van der Waals surface area contributed by atoms with Gasteiger partial charge in [-0.25, -0.2) is 4.79 Å². The molecule has 0 unspecified atom stereocenters. The van der Waals surface area contributed by atoms with Crippen LogP contribution in [0.15, 0.2) is 65.1 Å². The van der Waals surface area contributed by atoms with Gasteiger partial charge in [0.1, 0.15) is 0 Å². The number of rotatable bonds is 9. The van der Waals surface area contributed by atoms with Crippen molar-refractivity contribution < 1.29 is 28.6 Å². The molecule has 0 fully saturated rings. The maximum Gasteiger partial charge on any atom is 0.371 e. The van der Waals surface area contributed by atoms with Gasteiger partial charge in [0.05, 0.1) is 13.0 Å². The Morgan fingerprint density at radius 3 is 2.38 bits per heavy atom. The summed E-state index contributed by atoms with van der Waals surface area (Å²) < 4.78 is 10.1. The van der Waals surface area contributed by atoms with Crippen molar-refractivity contribution in [3.63, 3.8) is 0 Å². The summed E-state index contributed by atoms with van der Waals surface area (Å²) in [4.78, 5) is 35.5. The standard InChI is InChI=1S/C24H22ClNO6/c1-2-31-22(27)14-19(26-23(28)20-10-11-21(32-20)24(29)30)12-15-6-8-16(9-7-15)17-4-3-5-18(25)13-17/h3-11,13,19H,2,12,14H2,1H3,(H,26,28)(H,29,30)/t19-/m1/s1. The highest BCUT2D eigenvalue weighted by atomic mass is 35.5. The van der Waals surface area contributed by atoms with Gasteiger partial charge in [-0.2, -0.15) is 0 Å². The van der Waals surface area contributed by atoms with Crippen molar-refractivity contribution in [1.29, 1.82) is 0 Å². The van der Waals surface area contributed by atoms with Gasteiger partial charge in [0.25, 0.3) is 5.91 Å². The summed E-state index contributed by atoms with van der Waals surface area (Å²) in [6.45, 7) is 1.93. The van der Waals surface area contributed by atoms with E-state index in [2.05, 4.69) is 5.32 Å². The molecule has 2 N–H and O–H groups in total. The number of hydrogen-bond donors (Lipinski definition) is 2. The molecule has 0 spiro atoms. The van der Waals surface area contributed by atoms with Crippen LogP contribution in [0.25, 0.3) is 11.1 Å². The monoisotopic (exact) mass is 455 g/mol. The molecule has 0 radical (unpaired) electrons. The van der Waals surface area contributed by atoms with E-state index in [-0.39, 0.29) is 24.5 Å². The molecule has 1 aromatic heterocycles. The van der Waals surface area contributed by atoms with E-state index in [1.165, 1.54) is 12.1 Å². The molecule has 0 aliphatic rings. The molecule has 3 rings (SSSR count). The number of esters is 1. The zero-order valence-electron chi connectivity index (χ0n) is 17.3. The Balaban J connectivity index is 1.73. The van der Waals surface area contributed by atoms with Gasteiger partial charge < -0.3 is 19.6 Å². The summed E-state index contributed by atoms with van der Waals surface area (Å²) in [6, 6.07) is 17.1. The Morgan fingerprint density at radius 2 is 1.75 bits per heavy atom. The van der Waals surface area contributed by atoms with Crippen LogP contribution in [-0.2, 0) is 16.0 Å². The van der Waals surface area contributed by atoms with Gasteiger partial charge in [-0.15, -0.1) is 0 Å². The van der Waals surface area contributed by atoms with E-state index in [0.717, 1.165) is 16.7 Å². The van der Waals surface area contributed by atoms with Crippen molar-refractivity contribution in [2.45, 2.75) is 25.8 Å². The Bertz CT molecular complexity index is 1110. The second kappa shape index (κ2) is 10.6. The number of nitrogens with one attached hydrogen (secondary N) is 1. The Labute approximate surface area is 190 Å². The molecule has 1 amide bonds. The molecule has 0 saturated carbocycles. The van der Waals surface area contributed by atoms with Gasteiger partial charge in [-0.1, -0.05) is 48.0 Å². The van der Waals surface area contributed by atoms with Crippen molar-refractivity contribution in [1.82, 2.24) is 5.32 Å². The fraction of sp³-hybridized carbons (Fsp3) is 0.208. The maximum absolute atomic E-state index is 12.5. The molecule has 8 heteroatoms. The third-order valence-electron chi connectivity index (χ3n) is 4.69. The highest BCUT2D eigenvalue weighted by Gasteiger charge is 2.21. The average Bonchev–Trinajstić information content (AvgIpc) is 3.25. The summed E-state index contributed by atoms with van der Waals surface area (Å²) in [5, 5.41) is 12.3. The third-order valence-corrected chi connectivity index (χ3v) is 4.92. The van der Waals surface area contributed by atoms with Gasteiger partial charge in [0.15, 0.2) is 5.76 Å². The van der Waals surface area contributed by atoms with Crippen LogP contribution in [0.3, 0.4) is 0 Å². The van der Waals surface area contributed by atoms with E-state index >= 15 is 0 Å². The number of ether oxygens (including phenoxy) is 1. The minimum absolute atomic E-state index is 0.0396. The van der Waals surface area contributed by atoms with Crippen LogP contribution in [0.2, 0.25) is 5.02 Å². The van der Waals surface area contributed by atoms with E-state index in [1.54, 1.807) is 13.0 Å². The Morgan fingerprint density at radius 1 is 1.03 bits per heavy atom. The highest BCUT2D eigenvalue weighted by molar-refractivity contribution is 6.30. The first-order chi connectivity index (χ1) is 15.4. The quantitative estimate of drug-likeness (QED) is 0.457. The van der Waals surface area contributed by atoms with Crippen molar-refractivity contribution in [3.8, 4) is 11.1 Å². The Hall–Kier alpha value is -3.58. The molecule has 0 aliphatic heterocycles. The molecule has 0 aliphatic carbocycles. The first kappa shape index (κ1) is 23.1. The lowest BCUT2D eigenvalue weighted by atomic mass is 9.99. The summed E-state index contributed by atoms with van der Waals surface area (Å²) >= 11 is 6.06. The zero-order valence-corrected chi connectivity index (χ0v) is 18.1. The van der Waals surface area contributed by atoms with Gasteiger partial charge in [0, 0.05) is 11.1 Å². The predicted octanol–water partition coefficient (Wildman–Crippen LogP) is 4.59. The van der Waals surface area contributed by atoms with Gasteiger partial charge >= 0.3 is 11.9 Å². The fourth-order valence-electron chi connectivity index (χ4n) is 3.21. The lowest BCUT2D eigenvalue weighted by Crippen LogP contribution is -2.38. The van der Waals surface area contributed by atoms with Crippen LogP contribution in [0.4, 0.5) is 0 Å². The number of furan rings is 1. The van der Waals surface area contributed by atoms with Crippen LogP contribution in [0.5, 0.6) is 0 Å². The highest BCUT2D eigenvalue weighted by Crippen LogP contribution is 2.23. The average molecular weight is 456 g/mol. The first-order valence-electron chi connectivity index (χ1n) is 10.00. The van der Waals surface area contributed by atoms with E-state index in [1.807, 2.05) is 42.5 Å². The largest absolute Gasteiger partial charge is 0.475 e. The van der Waals surface area contributed by atoms with Gasteiger partial charge in [-0.05, 0) is 54.3 Å². The number of hydrogen-bond acceptors (Lipinski definition) is 5. The molecule has 32 heavy (non-hydrogen) atoms. The lowest BCUT2D eigenvalue weighted by Gasteiger charge is -2.18. The summed E-state index contributed by atoms with van der Waals surface area (Å²) in [6.07, 6.45) is 0.328. The number of aromatic carboxylic acids is 1. The smallest absolute Gasteiger partial charge is 0.371 e. The molecule has 3 aromatic rings. The van der Waals surface area contributed by atoms with E-state index < -0.39 is 23.9 Å². The third kappa shape index (κ3) is 6.21. The van der Waals surface area contributed by atoms with Crippen molar-refractivity contribution in [2.75, 3.05) is 6.61 Å². The molecule has 7 nitrogen and oxygen atoms in total. The fourth-order valence-corrected chi connectivity index (χ4v) is 3.40. The Kier molecular flexibility index (Phi) is 7.68. The normalized spacial score (nSPS) is 11.6. The number of carbonyl (C=O) groups excluding carboxylic acids is 2. The number of halogens is 1. The summed E-state index contributed by atoms with van der Waals surface area (Å²) in [5.74, 6) is -2.81. The minimum Gasteiger partial charge on any atom is -0.475 e. The molecule has 0 saturated heterocycles. The van der Waals surface area contributed by atoms with Crippen molar-refractivity contribution in [3.05, 3.63) is 82.8 Å². The number of carboxylic acids is 1. The van der Waals surface area contributed by atoms with Crippen LogP contribution in [-0.4, -0.2) is 35.6 Å². The first-order valence-corrected chi connectivity index (χ1v) is 10.4. The molecule has 1 atom stereocenters. The van der Waals surface area contributed by atoms with E-state index in [0.29, 0.717) is 11.4 Å². The number of amides is 1.